The molecule has 3 aromatic rings. The first-order valence-electron chi connectivity index (χ1n) is 7.39. The minimum Gasteiger partial charge on any atom is -0.404 e. The molecule has 0 N–H and O–H groups in total. The van der Waals surface area contributed by atoms with E-state index in [1.54, 1.807) is 47.1 Å². The number of hydrogen-bond acceptors (Lipinski definition) is 3. The van der Waals surface area contributed by atoms with E-state index >= 15 is 0 Å². The standard InChI is InChI=1S/C18H14Cl2N2O2/c1-2-15-11-17(22(21-15)16-8-6-13(19)7-9-16)24-18(23)12-4-3-5-14(20)10-12/h3-11H,2H2,1H3. The van der Waals surface area contributed by atoms with Gasteiger partial charge in [-0.3, -0.25) is 0 Å². The lowest BCUT2D eigenvalue weighted by Gasteiger charge is -2.08. The normalized spacial score (nSPS) is 10.6. The van der Waals surface area contributed by atoms with Gasteiger partial charge >= 0.3 is 5.97 Å². The summed E-state index contributed by atoms with van der Waals surface area (Å²) in [7, 11) is 0. The molecule has 0 unspecified atom stereocenters. The average molecular weight is 361 g/mol. The number of carbonyl (C=O) groups excluding carboxylic acids is 1. The number of benzene rings is 2. The van der Waals surface area contributed by atoms with Crippen LogP contribution in [0.1, 0.15) is 23.0 Å². The second-order valence-electron chi connectivity index (χ2n) is 5.12. The second-order valence-corrected chi connectivity index (χ2v) is 5.99. The Bertz CT molecular complexity index is 873. The van der Waals surface area contributed by atoms with Gasteiger partial charge in [-0.05, 0) is 48.9 Å². The van der Waals surface area contributed by atoms with Crippen molar-refractivity contribution in [2.75, 3.05) is 0 Å². The largest absolute Gasteiger partial charge is 0.404 e. The van der Waals surface area contributed by atoms with Gasteiger partial charge in [0, 0.05) is 16.1 Å². The Balaban J connectivity index is 1.94. The lowest BCUT2D eigenvalue weighted by molar-refractivity contribution is 0.0723. The SMILES string of the molecule is CCc1cc(OC(=O)c2cccc(Cl)c2)n(-c2ccc(Cl)cc2)n1. The summed E-state index contributed by atoms with van der Waals surface area (Å²) < 4.78 is 7.10. The summed E-state index contributed by atoms with van der Waals surface area (Å²) in [5.74, 6) is -0.144. The Labute approximate surface area is 149 Å². The van der Waals surface area contributed by atoms with Gasteiger partial charge in [-0.1, -0.05) is 36.2 Å². The summed E-state index contributed by atoms with van der Waals surface area (Å²) in [5.41, 5.74) is 1.95. The number of esters is 1. The quantitative estimate of drug-likeness (QED) is 0.617. The summed E-state index contributed by atoms with van der Waals surface area (Å²) in [6.45, 7) is 1.98. The van der Waals surface area contributed by atoms with Crippen LogP contribution in [-0.2, 0) is 6.42 Å². The monoisotopic (exact) mass is 360 g/mol. The first-order chi connectivity index (χ1) is 11.6. The Morgan fingerprint density at radius 2 is 1.83 bits per heavy atom. The van der Waals surface area contributed by atoms with Crippen molar-refractivity contribution in [3.05, 3.63) is 75.9 Å². The molecule has 6 heteroatoms. The third kappa shape index (κ3) is 3.61. The minimum absolute atomic E-state index is 0.346. The molecule has 0 amide bonds. The van der Waals surface area contributed by atoms with Crippen molar-refractivity contribution in [3.8, 4) is 11.6 Å². The number of rotatable bonds is 4. The average Bonchev–Trinajstić information content (AvgIpc) is 2.98. The molecule has 1 heterocycles. The molecule has 3 rings (SSSR count). The highest BCUT2D eigenvalue weighted by molar-refractivity contribution is 6.31. The molecule has 122 valence electrons. The molecule has 0 bridgehead atoms. The number of carbonyl (C=O) groups is 1. The Morgan fingerprint density at radius 1 is 1.08 bits per heavy atom. The van der Waals surface area contributed by atoms with Crippen LogP contribution in [0.5, 0.6) is 5.88 Å². The van der Waals surface area contributed by atoms with Crippen LogP contribution in [0.3, 0.4) is 0 Å². The van der Waals surface area contributed by atoms with Crippen molar-refractivity contribution in [1.29, 1.82) is 0 Å². The van der Waals surface area contributed by atoms with Crippen molar-refractivity contribution >= 4 is 29.2 Å². The van der Waals surface area contributed by atoms with Gasteiger partial charge in [0.25, 0.3) is 0 Å². The molecule has 0 saturated heterocycles. The molecule has 0 aliphatic carbocycles. The van der Waals surface area contributed by atoms with E-state index in [2.05, 4.69) is 5.10 Å². The fourth-order valence-corrected chi connectivity index (χ4v) is 2.51. The van der Waals surface area contributed by atoms with Crippen molar-refractivity contribution in [2.24, 2.45) is 0 Å². The van der Waals surface area contributed by atoms with Crippen LogP contribution in [0.4, 0.5) is 0 Å². The first-order valence-corrected chi connectivity index (χ1v) is 8.15. The fraction of sp³-hybridized carbons (Fsp3) is 0.111. The van der Waals surface area contributed by atoms with Gasteiger partial charge in [0.15, 0.2) is 0 Å². The lowest BCUT2D eigenvalue weighted by Crippen LogP contribution is -2.11. The predicted molar refractivity (Wildman–Crippen MR) is 94.4 cm³/mol. The molecule has 1 aromatic heterocycles. The molecule has 0 radical (unpaired) electrons. The molecule has 0 atom stereocenters. The van der Waals surface area contributed by atoms with E-state index in [1.807, 2.05) is 19.1 Å². The van der Waals surface area contributed by atoms with Crippen LogP contribution < -0.4 is 4.74 Å². The van der Waals surface area contributed by atoms with Gasteiger partial charge < -0.3 is 4.74 Å². The zero-order valence-electron chi connectivity index (χ0n) is 12.9. The zero-order valence-corrected chi connectivity index (χ0v) is 14.4. The van der Waals surface area contributed by atoms with Gasteiger partial charge in [-0.25, -0.2) is 9.48 Å². The number of ether oxygens (including phenoxy) is 1. The third-order valence-electron chi connectivity index (χ3n) is 3.42. The van der Waals surface area contributed by atoms with Crippen LogP contribution in [0.25, 0.3) is 5.69 Å². The summed E-state index contributed by atoms with van der Waals surface area (Å²) in [5, 5.41) is 5.56. The topological polar surface area (TPSA) is 44.1 Å². The number of nitrogens with zero attached hydrogens (tertiary/aromatic N) is 2. The van der Waals surface area contributed by atoms with Gasteiger partial charge in [0.05, 0.1) is 16.9 Å². The van der Waals surface area contributed by atoms with Gasteiger partial charge in [-0.15, -0.1) is 0 Å². The molecule has 0 saturated carbocycles. The summed E-state index contributed by atoms with van der Waals surface area (Å²) in [4.78, 5) is 12.4. The third-order valence-corrected chi connectivity index (χ3v) is 3.91. The Hall–Kier alpha value is -2.30. The Morgan fingerprint density at radius 3 is 2.50 bits per heavy atom. The maximum atomic E-state index is 12.4. The highest BCUT2D eigenvalue weighted by atomic mass is 35.5. The molecule has 0 spiro atoms. The second kappa shape index (κ2) is 7.07. The minimum atomic E-state index is -0.490. The van der Waals surface area contributed by atoms with E-state index < -0.39 is 5.97 Å². The predicted octanol–water partition coefficient (Wildman–Crippen LogP) is 4.96. The molecule has 0 fully saturated rings. The maximum Gasteiger partial charge on any atom is 0.344 e. The maximum absolute atomic E-state index is 12.4. The van der Waals surface area contributed by atoms with Crippen molar-refractivity contribution in [2.45, 2.75) is 13.3 Å². The fourth-order valence-electron chi connectivity index (χ4n) is 2.19. The van der Waals surface area contributed by atoms with Crippen LogP contribution in [0, 0.1) is 0 Å². The van der Waals surface area contributed by atoms with E-state index in [4.69, 9.17) is 27.9 Å². The number of halogens is 2. The van der Waals surface area contributed by atoms with E-state index in [0.717, 1.165) is 17.8 Å². The summed E-state index contributed by atoms with van der Waals surface area (Å²) in [6.07, 6.45) is 0.725. The molecule has 0 aliphatic rings. The summed E-state index contributed by atoms with van der Waals surface area (Å²) in [6, 6.07) is 15.5. The van der Waals surface area contributed by atoms with Crippen molar-refractivity contribution in [3.63, 3.8) is 0 Å². The van der Waals surface area contributed by atoms with Crippen LogP contribution >= 0.6 is 23.2 Å². The van der Waals surface area contributed by atoms with E-state index in [9.17, 15) is 4.79 Å². The van der Waals surface area contributed by atoms with E-state index in [1.165, 1.54) is 0 Å². The van der Waals surface area contributed by atoms with Gasteiger partial charge in [0.2, 0.25) is 5.88 Å². The van der Waals surface area contributed by atoms with Gasteiger partial charge in [0.1, 0.15) is 0 Å². The Kier molecular flexibility index (Phi) is 4.88. The molecule has 24 heavy (non-hydrogen) atoms. The molecule has 2 aromatic carbocycles. The number of hydrogen-bond donors (Lipinski definition) is 0. The van der Waals surface area contributed by atoms with Crippen LogP contribution in [-0.4, -0.2) is 15.7 Å². The first kappa shape index (κ1) is 16.6. The summed E-state index contributed by atoms with van der Waals surface area (Å²) >= 11 is 11.8. The molecule has 0 aliphatic heterocycles. The molecule has 4 nitrogen and oxygen atoms in total. The molecular weight excluding hydrogens is 347 g/mol. The highest BCUT2D eigenvalue weighted by Crippen LogP contribution is 2.23. The van der Waals surface area contributed by atoms with Gasteiger partial charge in [-0.2, -0.15) is 5.10 Å². The lowest BCUT2D eigenvalue weighted by atomic mass is 10.2. The number of aromatic nitrogens is 2. The van der Waals surface area contributed by atoms with Crippen molar-refractivity contribution < 1.29 is 9.53 Å². The molecular formula is C18H14Cl2N2O2. The zero-order chi connectivity index (χ0) is 17.1. The highest BCUT2D eigenvalue weighted by Gasteiger charge is 2.15. The van der Waals surface area contributed by atoms with E-state index in [-0.39, 0.29) is 0 Å². The number of aryl methyl sites for hydroxylation is 1. The smallest absolute Gasteiger partial charge is 0.344 e. The van der Waals surface area contributed by atoms with Crippen molar-refractivity contribution in [1.82, 2.24) is 9.78 Å². The van der Waals surface area contributed by atoms with Crippen LogP contribution in [0.2, 0.25) is 10.0 Å². The van der Waals surface area contributed by atoms with Crippen LogP contribution in [0.15, 0.2) is 54.6 Å². The van der Waals surface area contributed by atoms with E-state index in [0.29, 0.717) is 21.5 Å².